The maximum atomic E-state index is 12.8. The molecule has 8 nitrogen and oxygen atoms in total. The van der Waals surface area contributed by atoms with Crippen LogP contribution in [0.25, 0.3) is 0 Å². The molecule has 1 aliphatic rings. The smallest absolute Gasteiger partial charge is 0.338 e. The molecule has 0 saturated heterocycles. The Hall–Kier alpha value is -2.13. The average Bonchev–Trinajstić information content (AvgIpc) is 3.12. The van der Waals surface area contributed by atoms with Gasteiger partial charge in [0.15, 0.2) is 6.10 Å². The van der Waals surface area contributed by atoms with Gasteiger partial charge in [-0.3, -0.25) is 4.79 Å². The number of hydrogen-bond donors (Lipinski definition) is 1. The van der Waals surface area contributed by atoms with Crippen LogP contribution < -0.4 is 9.46 Å². The molecule has 1 aromatic carbocycles. The molecule has 150 valence electrons. The molecule has 1 aliphatic carbocycles. The molecule has 27 heavy (non-hydrogen) atoms. The van der Waals surface area contributed by atoms with Gasteiger partial charge < -0.3 is 14.4 Å². The number of benzene rings is 1. The second kappa shape index (κ2) is 8.71. The lowest BCUT2D eigenvalue weighted by Gasteiger charge is -2.18. The van der Waals surface area contributed by atoms with E-state index in [1.165, 1.54) is 37.1 Å². The minimum absolute atomic E-state index is 0.0287. The van der Waals surface area contributed by atoms with Gasteiger partial charge in [0.05, 0.1) is 12.7 Å². The van der Waals surface area contributed by atoms with Crippen molar-refractivity contribution in [2.45, 2.75) is 49.6 Å². The number of nitrogens with zero attached hydrogens (tertiary/aromatic N) is 1. The molecule has 1 atom stereocenters. The first-order chi connectivity index (χ1) is 12.7. The van der Waals surface area contributed by atoms with Crippen molar-refractivity contribution in [1.29, 1.82) is 0 Å². The monoisotopic (exact) mass is 398 g/mol. The highest BCUT2D eigenvalue weighted by Crippen LogP contribution is 2.27. The lowest BCUT2D eigenvalue weighted by molar-refractivity contribution is -0.137. The van der Waals surface area contributed by atoms with Crippen molar-refractivity contribution < 1.29 is 27.5 Å². The number of rotatable bonds is 7. The van der Waals surface area contributed by atoms with Crippen LogP contribution >= 0.6 is 0 Å². The molecule has 0 aliphatic heterocycles. The number of hydrogen-bond acceptors (Lipinski definition) is 6. The maximum Gasteiger partial charge on any atom is 0.338 e. The lowest BCUT2D eigenvalue weighted by atomic mass is 10.2. The number of esters is 1. The van der Waals surface area contributed by atoms with Crippen LogP contribution in [0.1, 0.15) is 43.0 Å². The van der Waals surface area contributed by atoms with E-state index in [1.807, 2.05) is 0 Å². The number of ether oxygens (including phenoxy) is 2. The van der Waals surface area contributed by atoms with Crippen LogP contribution in [-0.4, -0.2) is 58.5 Å². The van der Waals surface area contributed by atoms with E-state index in [9.17, 15) is 18.0 Å². The summed E-state index contributed by atoms with van der Waals surface area (Å²) in [6.07, 6.45) is 2.55. The van der Waals surface area contributed by atoms with Gasteiger partial charge in [0.2, 0.25) is 10.0 Å². The fourth-order valence-corrected chi connectivity index (χ4v) is 4.48. The second-order valence-electron chi connectivity index (χ2n) is 6.75. The van der Waals surface area contributed by atoms with Crippen molar-refractivity contribution in [3.63, 3.8) is 0 Å². The quantitative estimate of drug-likeness (QED) is 0.699. The van der Waals surface area contributed by atoms with Gasteiger partial charge in [-0.05, 0) is 38.0 Å². The van der Waals surface area contributed by atoms with Crippen LogP contribution in [0, 0.1) is 0 Å². The van der Waals surface area contributed by atoms with Crippen LogP contribution in [0.15, 0.2) is 23.1 Å². The molecule has 1 aromatic rings. The Morgan fingerprint density at radius 2 is 1.85 bits per heavy atom. The van der Waals surface area contributed by atoms with E-state index < -0.39 is 22.1 Å². The van der Waals surface area contributed by atoms with Gasteiger partial charge in [-0.25, -0.2) is 17.9 Å². The minimum Gasteiger partial charge on any atom is -0.495 e. The number of likely N-dealkylation sites (N-methyl/N-ethyl adjacent to an activating group) is 1. The Morgan fingerprint density at radius 1 is 1.22 bits per heavy atom. The summed E-state index contributed by atoms with van der Waals surface area (Å²) in [4.78, 5) is 25.4. The Labute approximate surface area is 159 Å². The molecule has 9 heteroatoms. The zero-order valence-electron chi connectivity index (χ0n) is 16.0. The number of nitrogens with one attached hydrogen (secondary N) is 1. The Kier molecular flexibility index (Phi) is 6.83. The normalized spacial score (nSPS) is 16.0. The number of methoxy groups -OCH3 is 1. The largest absolute Gasteiger partial charge is 0.495 e. The third kappa shape index (κ3) is 5.20. The first kappa shape index (κ1) is 21.2. The van der Waals surface area contributed by atoms with Crippen LogP contribution in [0.2, 0.25) is 0 Å². The summed E-state index contributed by atoms with van der Waals surface area (Å²) in [6.45, 7) is 1.46. The van der Waals surface area contributed by atoms with Crippen LogP contribution in [0.4, 0.5) is 0 Å². The summed E-state index contributed by atoms with van der Waals surface area (Å²) in [5.74, 6) is -1.01. The second-order valence-corrected chi connectivity index (χ2v) is 8.43. The molecular formula is C18H26N2O6S. The predicted molar refractivity (Wildman–Crippen MR) is 99.1 cm³/mol. The maximum absolute atomic E-state index is 12.8. The summed E-state index contributed by atoms with van der Waals surface area (Å²) in [5.41, 5.74) is 0.0287. The van der Waals surface area contributed by atoms with Gasteiger partial charge in [0.1, 0.15) is 10.6 Å². The van der Waals surface area contributed by atoms with Crippen molar-refractivity contribution in [3.8, 4) is 5.75 Å². The molecule has 0 radical (unpaired) electrons. The topological polar surface area (TPSA) is 102 Å². The van der Waals surface area contributed by atoms with E-state index >= 15 is 0 Å². The highest BCUT2D eigenvalue weighted by molar-refractivity contribution is 7.89. The molecular weight excluding hydrogens is 372 g/mol. The Bertz CT molecular complexity index is 800. The van der Waals surface area contributed by atoms with E-state index in [2.05, 4.69) is 4.72 Å². The summed E-state index contributed by atoms with van der Waals surface area (Å²) in [5, 5.41) is 0. The highest BCUT2D eigenvalue weighted by atomic mass is 32.2. The van der Waals surface area contributed by atoms with Crippen LogP contribution in [0.5, 0.6) is 5.75 Å². The summed E-state index contributed by atoms with van der Waals surface area (Å²) >= 11 is 0. The summed E-state index contributed by atoms with van der Waals surface area (Å²) in [6, 6.07) is 3.90. The van der Waals surface area contributed by atoms with Crippen molar-refractivity contribution >= 4 is 21.9 Å². The van der Waals surface area contributed by atoms with Crippen LogP contribution in [0.3, 0.4) is 0 Å². The van der Waals surface area contributed by atoms with E-state index in [0.717, 1.165) is 25.7 Å². The van der Waals surface area contributed by atoms with Gasteiger partial charge in [-0.1, -0.05) is 12.8 Å². The van der Waals surface area contributed by atoms with Gasteiger partial charge >= 0.3 is 5.97 Å². The summed E-state index contributed by atoms with van der Waals surface area (Å²) in [7, 11) is 0.612. The molecule has 1 saturated carbocycles. The minimum atomic E-state index is -3.86. The molecule has 1 amide bonds. The Morgan fingerprint density at radius 3 is 2.41 bits per heavy atom. The van der Waals surface area contributed by atoms with Crippen molar-refractivity contribution in [2.75, 3.05) is 21.2 Å². The molecule has 1 fully saturated rings. The zero-order valence-corrected chi connectivity index (χ0v) is 16.8. The van der Waals surface area contributed by atoms with Crippen LogP contribution in [-0.2, 0) is 19.6 Å². The number of sulfonamides is 1. The van der Waals surface area contributed by atoms with Crippen molar-refractivity contribution in [2.24, 2.45) is 0 Å². The van der Waals surface area contributed by atoms with E-state index in [1.54, 1.807) is 14.1 Å². The molecule has 2 rings (SSSR count). The molecule has 0 heterocycles. The standard InChI is InChI=1S/C18H26N2O6S/c1-12(17(21)20(2)3)26-18(22)13-9-10-15(25-4)16(11-13)27(23,24)19-14-7-5-6-8-14/h9-12,14,19H,5-8H2,1-4H3. The predicted octanol–water partition coefficient (Wildman–Crippen LogP) is 1.55. The third-order valence-electron chi connectivity index (χ3n) is 4.44. The van der Waals surface area contributed by atoms with E-state index in [4.69, 9.17) is 9.47 Å². The number of amides is 1. The van der Waals surface area contributed by atoms with Gasteiger partial charge in [0, 0.05) is 20.1 Å². The Balaban J connectivity index is 2.26. The lowest BCUT2D eigenvalue weighted by Crippen LogP contribution is -2.35. The fourth-order valence-electron chi connectivity index (χ4n) is 2.98. The fraction of sp³-hybridized carbons (Fsp3) is 0.556. The van der Waals surface area contributed by atoms with Gasteiger partial charge in [-0.2, -0.15) is 0 Å². The molecule has 0 bridgehead atoms. The molecule has 1 unspecified atom stereocenters. The van der Waals surface area contributed by atoms with Crippen molar-refractivity contribution in [3.05, 3.63) is 23.8 Å². The highest BCUT2D eigenvalue weighted by Gasteiger charge is 2.27. The third-order valence-corrected chi connectivity index (χ3v) is 5.98. The van der Waals surface area contributed by atoms with Crippen molar-refractivity contribution in [1.82, 2.24) is 9.62 Å². The number of carbonyl (C=O) groups excluding carboxylic acids is 2. The molecule has 0 spiro atoms. The van der Waals surface area contributed by atoms with Gasteiger partial charge in [0.25, 0.3) is 5.91 Å². The first-order valence-corrected chi connectivity index (χ1v) is 10.3. The molecule has 0 aromatic heterocycles. The SMILES string of the molecule is COc1ccc(C(=O)OC(C)C(=O)N(C)C)cc1S(=O)(=O)NC1CCCC1. The van der Waals surface area contributed by atoms with Gasteiger partial charge in [-0.15, -0.1) is 0 Å². The van der Waals surface area contributed by atoms with E-state index in [0.29, 0.717) is 0 Å². The number of carbonyl (C=O) groups is 2. The average molecular weight is 398 g/mol. The first-order valence-electron chi connectivity index (χ1n) is 8.78. The summed E-state index contributed by atoms with van der Waals surface area (Å²) < 4.78 is 38.5. The molecule has 1 N–H and O–H groups in total. The van der Waals surface area contributed by atoms with E-state index in [-0.39, 0.29) is 28.2 Å². The zero-order chi connectivity index (χ0) is 20.2.